The summed E-state index contributed by atoms with van der Waals surface area (Å²) in [5.74, 6) is 2.11. The second kappa shape index (κ2) is 6.88. The summed E-state index contributed by atoms with van der Waals surface area (Å²) in [6.07, 6.45) is 0.411. The van der Waals surface area contributed by atoms with Gasteiger partial charge in [-0.2, -0.15) is 0 Å². The molecule has 1 aromatic heterocycles. The minimum absolute atomic E-state index is 0.191. The molecule has 1 atom stereocenters. The molecule has 1 aromatic carbocycles. The Morgan fingerprint density at radius 2 is 1.96 bits per heavy atom. The molecule has 0 radical (unpaired) electrons. The third kappa shape index (κ3) is 4.02. The van der Waals surface area contributed by atoms with Crippen LogP contribution in [0.3, 0.4) is 0 Å². The van der Waals surface area contributed by atoms with Crippen molar-refractivity contribution in [3.8, 4) is 0 Å². The van der Waals surface area contributed by atoms with E-state index in [1.54, 1.807) is 0 Å². The molecule has 1 aliphatic heterocycles. The van der Waals surface area contributed by atoms with Crippen molar-refractivity contribution in [3.05, 3.63) is 41.7 Å². The first-order chi connectivity index (χ1) is 11.8. The van der Waals surface area contributed by atoms with Crippen LogP contribution in [0.1, 0.15) is 38.6 Å². The number of nitrogens with one attached hydrogen (secondary N) is 1. The lowest BCUT2D eigenvalue weighted by Gasteiger charge is -2.25. The van der Waals surface area contributed by atoms with E-state index in [-0.39, 0.29) is 11.5 Å². The van der Waals surface area contributed by atoms with E-state index in [1.807, 2.05) is 23.1 Å². The molecule has 0 aliphatic carbocycles. The minimum Gasteiger partial charge on any atom is -0.393 e. The molecule has 4 N–H and O–H groups in total. The number of aliphatic hydroxyl groups is 1. The molecule has 6 nitrogen and oxygen atoms in total. The van der Waals surface area contributed by atoms with Gasteiger partial charge >= 0.3 is 0 Å². The van der Waals surface area contributed by atoms with E-state index >= 15 is 0 Å². The van der Waals surface area contributed by atoms with Crippen molar-refractivity contribution in [3.63, 3.8) is 0 Å². The van der Waals surface area contributed by atoms with Gasteiger partial charge in [0.1, 0.15) is 11.5 Å². The summed E-state index contributed by atoms with van der Waals surface area (Å²) in [4.78, 5) is 11.4. The first kappa shape index (κ1) is 17.5. The number of nitrogens with zero attached hydrogens (tertiary/aromatic N) is 3. The van der Waals surface area contributed by atoms with Crippen LogP contribution in [0.2, 0.25) is 0 Å². The molecule has 0 amide bonds. The predicted octanol–water partition coefficient (Wildman–Crippen LogP) is 2.54. The largest absolute Gasteiger partial charge is 0.393 e. The summed E-state index contributed by atoms with van der Waals surface area (Å²) < 4.78 is 0. The maximum atomic E-state index is 9.86. The van der Waals surface area contributed by atoms with E-state index in [1.165, 1.54) is 0 Å². The fraction of sp³-hybridized carbons (Fsp3) is 0.474. The lowest BCUT2D eigenvalue weighted by atomic mass is 9.95. The van der Waals surface area contributed by atoms with Crippen LogP contribution in [-0.2, 0) is 12.0 Å². The van der Waals surface area contributed by atoms with Crippen molar-refractivity contribution in [2.75, 3.05) is 29.0 Å². The van der Waals surface area contributed by atoms with Gasteiger partial charge in [-0.25, -0.2) is 9.97 Å². The summed E-state index contributed by atoms with van der Waals surface area (Å²) in [6, 6.07) is 10.1. The van der Waals surface area contributed by atoms with Gasteiger partial charge in [-0.3, -0.25) is 0 Å². The van der Waals surface area contributed by atoms with E-state index < -0.39 is 0 Å². The molecule has 134 valence electrons. The number of benzene rings is 1. The van der Waals surface area contributed by atoms with Gasteiger partial charge in [-0.05, 0) is 12.0 Å². The minimum atomic E-state index is -0.326. The summed E-state index contributed by atoms with van der Waals surface area (Å²) in [5.41, 5.74) is 7.89. The van der Waals surface area contributed by atoms with Crippen molar-refractivity contribution in [2.24, 2.45) is 0 Å². The number of nitrogens with two attached hydrogens (primary N) is 1. The topological polar surface area (TPSA) is 87.3 Å². The van der Waals surface area contributed by atoms with Gasteiger partial charge in [-0.1, -0.05) is 51.1 Å². The van der Waals surface area contributed by atoms with Crippen molar-refractivity contribution in [2.45, 2.75) is 45.3 Å². The van der Waals surface area contributed by atoms with Gasteiger partial charge in [0.25, 0.3) is 0 Å². The van der Waals surface area contributed by atoms with Gasteiger partial charge < -0.3 is 21.1 Å². The van der Waals surface area contributed by atoms with Gasteiger partial charge in [0.2, 0.25) is 0 Å². The Kier molecular flexibility index (Phi) is 4.81. The van der Waals surface area contributed by atoms with Crippen LogP contribution >= 0.6 is 0 Å². The molecule has 25 heavy (non-hydrogen) atoms. The van der Waals surface area contributed by atoms with Crippen LogP contribution in [0.15, 0.2) is 30.3 Å². The van der Waals surface area contributed by atoms with Crippen LogP contribution < -0.4 is 16.0 Å². The fourth-order valence-corrected chi connectivity index (χ4v) is 2.88. The van der Waals surface area contributed by atoms with Crippen molar-refractivity contribution < 1.29 is 5.11 Å². The van der Waals surface area contributed by atoms with Crippen molar-refractivity contribution >= 4 is 17.3 Å². The second-order valence-corrected chi connectivity index (χ2v) is 7.61. The highest BCUT2D eigenvalue weighted by Gasteiger charge is 2.27. The lowest BCUT2D eigenvalue weighted by Crippen LogP contribution is -2.27. The number of β-amino-alcohol motifs (C(OH)–C–C–N with tert-alkyl or cyclic N) is 1. The highest BCUT2D eigenvalue weighted by atomic mass is 16.3. The summed E-state index contributed by atoms with van der Waals surface area (Å²) in [7, 11) is 0. The zero-order chi connectivity index (χ0) is 18.0. The van der Waals surface area contributed by atoms with E-state index in [0.29, 0.717) is 30.4 Å². The first-order valence-corrected chi connectivity index (χ1v) is 8.73. The monoisotopic (exact) mass is 341 g/mol. The number of rotatable bonds is 4. The number of aliphatic hydroxyl groups excluding tert-OH is 1. The molecule has 0 bridgehead atoms. The molecular formula is C19H27N5O. The molecule has 0 spiro atoms. The first-order valence-electron chi connectivity index (χ1n) is 8.73. The van der Waals surface area contributed by atoms with E-state index in [4.69, 9.17) is 10.7 Å². The van der Waals surface area contributed by atoms with Gasteiger partial charge in [-0.15, -0.1) is 0 Å². The van der Waals surface area contributed by atoms with E-state index in [0.717, 1.165) is 24.4 Å². The fourth-order valence-electron chi connectivity index (χ4n) is 2.88. The van der Waals surface area contributed by atoms with E-state index in [2.05, 4.69) is 43.2 Å². The van der Waals surface area contributed by atoms with Crippen LogP contribution in [0.25, 0.3) is 0 Å². The molecule has 2 aromatic rings. The zero-order valence-electron chi connectivity index (χ0n) is 15.2. The van der Waals surface area contributed by atoms with Gasteiger partial charge in [0.05, 0.1) is 6.10 Å². The average molecular weight is 341 g/mol. The highest BCUT2D eigenvalue weighted by molar-refractivity contribution is 5.75. The molecule has 0 saturated carbocycles. The lowest BCUT2D eigenvalue weighted by molar-refractivity contribution is 0.198. The molecule has 1 fully saturated rings. The smallest absolute Gasteiger partial charge is 0.157 e. The Hall–Kier alpha value is -2.34. The van der Waals surface area contributed by atoms with Crippen molar-refractivity contribution in [1.29, 1.82) is 0 Å². The third-order valence-corrected chi connectivity index (χ3v) is 4.36. The van der Waals surface area contributed by atoms with Crippen LogP contribution in [0.5, 0.6) is 0 Å². The zero-order valence-corrected chi connectivity index (χ0v) is 15.2. The Labute approximate surface area is 149 Å². The molecule has 1 aliphatic rings. The molecular weight excluding hydrogens is 314 g/mol. The Balaban J connectivity index is 1.92. The van der Waals surface area contributed by atoms with Gasteiger partial charge in [0.15, 0.2) is 11.6 Å². The van der Waals surface area contributed by atoms with Crippen molar-refractivity contribution in [1.82, 2.24) is 9.97 Å². The maximum absolute atomic E-state index is 9.86. The van der Waals surface area contributed by atoms with Crippen LogP contribution in [-0.4, -0.2) is 34.3 Å². The number of aromatic nitrogens is 2. The molecule has 1 unspecified atom stereocenters. The number of anilines is 3. The predicted molar refractivity (Wildman–Crippen MR) is 102 cm³/mol. The molecule has 1 saturated heterocycles. The molecule has 2 heterocycles. The second-order valence-electron chi connectivity index (χ2n) is 7.61. The third-order valence-electron chi connectivity index (χ3n) is 4.36. The summed E-state index contributed by atoms with van der Waals surface area (Å²) >= 11 is 0. The number of hydrogen-bond donors (Lipinski definition) is 3. The highest BCUT2D eigenvalue weighted by Crippen LogP contribution is 2.33. The molecule has 3 rings (SSSR count). The van der Waals surface area contributed by atoms with E-state index in [9.17, 15) is 5.11 Å². The van der Waals surface area contributed by atoms with Crippen LogP contribution in [0, 0.1) is 0 Å². The summed E-state index contributed by atoms with van der Waals surface area (Å²) in [5, 5.41) is 13.2. The quantitative estimate of drug-likeness (QED) is 0.792. The Morgan fingerprint density at radius 3 is 2.56 bits per heavy atom. The normalized spacial score (nSPS) is 17.8. The van der Waals surface area contributed by atoms with Crippen LogP contribution in [0.4, 0.5) is 17.3 Å². The maximum Gasteiger partial charge on any atom is 0.157 e. The Bertz CT molecular complexity index is 727. The average Bonchev–Trinajstić information content (AvgIpc) is 3.00. The molecule has 6 heteroatoms. The summed E-state index contributed by atoms with van der Waals surface area (Å²) in [6.45, 7) is 8.22. The van der Waals surface area contributed by atoms with Gasteiger partial charge in [0, 0.05) is 25.0 Å². The number of hydrogen-bond acceptors (Lipinski definition) is 6. The number of nitrogen functional groups attached to an aromatic ring is 1. The standard InChI is InChI=1S/C19H27N5O/c1-19(2,3)18-22-16(21-11-13-7-5-4-6-8-13)15(20)17(23-18)24-10-9-14(25)12-24/h4-8,14,25H,9-12,20H2,1-3H3,(H,21,22,23). The Morgan fingerprint density at radius 1 is 1.24 bits per heavy atom. The SMILES string of the molecule is CC(C)(C)c1nc(NCc2ccccc2)c(N)c(N2CCC(O)C2)n1.